The topological polar surface area (TPSA) is 24.5 Å². The second kappa shape index (κ2) is 7.77. The van der Waals surface area contributed by atoms with E-state index in [0.717, 1.165) is 25.1 Å². The van der Waals surface area contributed by atoms with Crippen molar-refractivity contribution in [2.24, 2.45) is 11.3 Å². The molecule has 0 amide bonds. The molecule has 2 aliphatic carbocycles. The number of ether oxygens (including phenoxy) is 1. The second-order valence-electron chi connectivity index (χ2n) is 7.48. The van der Waals surface area contributed by atoms with Crippen LogP contribution in [0, 0.1) is 11.3 Å². The van der Waals surface area contributed by atoms with Gasteiger partial charge in [-0.15, -0.1) is 0 Å². The molecule has 0 aliphatic heterocycles. The number of hydrogen-bond acceptors (Lipinski definition) is 3. The molecule has 0 saturated heterocycles. The molecule has 0 aromatic heterocycles. The molecule has 1 N–H and O–H groups in total. The highest BCUT2D eigenvalue weighted by Crippen LogP contribution is 2.39. The van der Waals surface area contributed by atoms with Crippen LogP contribution >= 0.6 is 0 Å². The molecule has 0 aromatic carbocycles. The minimum atomic E-state index is 0.533. The maximum absolute atomic E-state index is 5.30. The van der Waals surface area contributed by atoms with Gasteiger partial charge < -0.3 is 15.0 Å². The quantitative estimate of drug-likeness (QED) is 0.667. The van der Waals surface area contributed by atoms with E-state index in [0.29, 0.717) is 5.41 Å². The molecule has 2 aliphatic rings. The average Bonchev–Trinajstić information content (AvgIpc) is 3.13. The van der Waals surface area contributed by atoms with E-state index in [-0.39, 0.29) is 0 Å². The summed E-state index contributed by atoms with van der Waals surface area (Å²) >= 11 is 0. The highest BCUT2D eigenvalue weighted by molar-refractivity contribution is 4.92. The van der Waals surface area contributed by atoms with Gasteiger partial charge in [0.05, 0.1) is 6.61 Å². The zero-order valence-electron chi connectivity index (χ0n) is 13.8. The van der Waals surface area contributed by atoms with Gasteiger partial charge in [0.1, 0.15) is 0 Å². The van der Waals surface area contributed by atoms with Crippen LogP contribution in [-0.2, 0) is 4.74 Å². The number of hydrogen-bond donors (Lipinski definition) is 1. The molecule has 0 heterocycles. The van der Waals surface area contributed by atoms with Gasteiger partial charge in [-0.05, 0) is 37.0 Å². The molecule has 2 rings (SSSR count). The molecule has 0 unspecified atom stereocenters. The fourth-order valence-corrected chi connectivity index (χ4v) is 3.61. The third-order valence-corrected chi connectivity index (χ3v) is 4.80. The summed E-state index contributed by atoms with van der Waals surface area (Å²) in [6, 6.07) is 0.838. The first-order valence-electron chi connectivity index (χ1n) is 8.58. The van der Waals surface area contributed by atoms with Crippen molar-refractivity contribution >= 4 is 0 Å². The Bertz CT molecular complexity index is 270. The van der Waals surface area contributed by atoms with Gasteiger partial charge in [0.2, 0.25) is 0 Å². The van der Waals surface area contributed by atoms with Crippen LogP contribution in [0.5, 0.6) is 0 Å². The van der Waals surface area contributed by atoms with E-state index in [9.17, 15) is 0 Å². The van der Waals surface area contributed by atoms with E-state index < -0.39 is 0 Å². The normalized spacial score (nSPS) is 22.1. The summed E-state index contributed by atoms with van der Waals surface area (Å²) in [7, 11) is 1.81. The number of methoxy groups -OCH3 is 1. The first-order chi connectivity index (χ1) is 9.63. The lowest BCUT2D eigenvalue weighted by Crippen LogP contribution is -2.45. The van der Waals surface area contributed by atoms with Gasteiger partial charge in [0.15, 0.2) is 0 Å². The van der Waals surface area contributed by atoms with E-state index in [1.807, 2.05) is 7.11 Å². The molecule has 0 radical (unpaired) electrons. The van der Waals surface area contributed by atoms with Crippen LogP contribution in [-0.4, -0.2) is 50.8 Å². The van der Waals surface area contributed by atoms with Crippen LogP contribution in [0.25, 0.3) is 0 Å². The summed E-state index contributed by atoms with van der Waals surface area (Å²) < 4.78 is 5.30. The lowest BCUT2D eigenvalue weighted by molar-refractivity contribution is 0.0967. The molecule has 3 nitrogen and oxygen atoms in total. The van der Waals surface area contributed by atoms with Crippen molar-refractivity contribution in [2.75, 3.05) is 39.9 Å². The monoisotopic (exact) mass is 282 g/mol. The predicted molar refractivity (Wildman–Crippen MR) is 85.1 cm³/mol. The Hall–Kier alpha value is -0.120. The Balaban J connectivity index is 1.87. The molecule has 3 heteroatoms. The Morgan fingerprint density at radius 2 is 1.95 bits per heavy atom. The molecule has 0 aromatic rings. The maximum atomic E-state index is 5.30. The largest absolute Gasteiger partial charge is 0.383 e. The molecule has 0 bridgehead atoms. The van der Waals surface area contributed by atoms with Crippen molar-refractivity contribution in [3.63, 3.8) is 0 Å². The van der Waals surface area contributed by atoms with E-state index >= 15 is 0 Å². The van der Waals surface area contributed by atoms with Crippen molar-refractivity contribution in [1.29, 1.82) is 0 Å². The molecule has 2 saturated carbocycles. The Morgan fingerprint density at radius 3 is 2.50 bits per heavy atom. The van der Waals surface area contributed by atoms with Crippen molar-refractivity contribution in [1.82, 2.24) is 10.2 Å². The minimum absolute atomic E-state index is 0.533. The highest BCUT2D eigenvalue weighted by Gasteiger charge is 2.36. The molecule has 0 spiro atoms. The Kier molecular flexibility index (Phi) is 6.31. The molecule has 0 atom stereocenters. The summed E-state index contributed by atoms with van der Waals surface area (Å²) in [6.07, 6.45) is 8.46. The van der Waals surface area contributed by atoms with Crippen molar-refractivity contribution in [2.45, 2.75) is 58.4 Å². The minimum Gasteiger partial charge on any atom is -0.383 e. The van der Waals surface area contributed by atoms with Crippen molar-refractivity contribution in [3.05, 3.63) is 0 Å². The summed E-state index contributed by atoms with van der Waals surface area (Å²) in [4.78, 5) is 2.65. The molecular weight excluding hydrogens is 248 g/mol. The fourth-order valence-electron chi connectivity index (χ4n) is 3.61. The van der Waals surface area contributed by atoms with Crippen LogP contribution in [0.3, 0.4) is 0 Å². The van der Waals surface area contributed by atoms with Crippen molar-refractivity contribution < 1.29 is 4.74 Å². The maximum Gasteiger partial charge on any atom is 0.0589 e. The first-order valence-corrected chi connectivity index (χ1v) is 8.58. The Morgan fingerprint density at radius 1 is 1.25 bits per heavy atom. The predicted octanol–water partition coefficient (Wildman–Crippen LogP) is 2.90. The van der Waals surface area contributed by atoms with Crippen LogP contribution in [0.4, 0.5) is 0 Å². The van der Waals surface area contributed by atoms with Gasteiger partial charge in [-0.2, -0.15) is 0 Å². The lowest BCUT2D eigenvalue weighted by atomic mass is 9.85. The van der Waals surface area contributed by atoms with E-state index in [1.165, 1.54) is 58.2 Å². The molecule has 20 heavy (non-hydrogen) atoms. The van der Waals surface area contributed by atoms with E-state index in [4.69, 9.17) is 4.74 Å². The second-order valence-corrected chi connectivity index (χ2v) is 7.48. The molecule has 2 fully saturated rings. The van der Waals surface area contributed by atoms with Gasteiger partial charge in [0, 0.05) is 39.3 Å². The standard InChI is InChI=1S/C17H34N2O/c1-15(2)12-19(10-11-20-3)14-17(8-4-5-9-17)13-18-16-6-7-16/h15-16,18H,4-14H2,1-3H3. The summed E-state index contributed by atoms with van der Waals surface area (Å²) in [5.74, 6) is 0.738. The van der Waals surface area contributed by atoms with Crippen LogP contribution in [0.15, 0.2) is 0 Å². The summed E-state index contributed by atoms with van der Waals surface area (Å²) in [5, 5.41) is 3.80. The van der Waals surface area contributed by atoms with Crippen molar-refractivity contribution in [3.8, 4) is 0 Å². The lowest BCUT2D eigenvalue weighted by Gasteiger charge is -2.36. The highest BCUT2D eigenvalue weighted by atomic mass is 16.5. The average molecular weight is 282 g/mol. The number of nitrogens with zero attached hydrogens (tertiary/aromatic N) is 1. The van der Waals surface area contributed by atoms with Crippen LogP contribution in [0.1, 0.15) is 52.4 Å². The summed E-state index contributed by atoms with van der Waals surface area (Å²) in [5.41, 5.74) is 0.533. The number of rotatable bonds is 10. The third-order valence-electron chi connectivity index (χ3n) is 4.80. The number of nitrogens with one attached hydrogen (secondary N) is 1. The van der Waals surface area contributed by atoms with E-state index in [1.54, 1.807) is 0 Å². The van der Waals surface area contributed by atoms with Gasteiger partial charge >= 0.3 is 0 Å². The smallest absolute Gasteiger partial charge is 0.0589 e. The van der Waals surface area contributed by atoms with Crippen LogP contribution in [0.2, 0.25) is 0 Å². The van der Waals surface area contributed by atoms with Gasteiger partial charge in [-0.3, -0.25) is 0 Å². The first kappa shape index (κ1) is 16.3. The zero-order valence-corrected chi connectivity index (χ0v) is 13.8. The molecular formula is C17H34N2O. The fraction of sp³-hybridized carbons (Fsp3) is 1.00. The summed E-state index contributed by atoms with van der Waals surface area (Å²) in [6.45, 7) is 10.3. The Labute approximate surface area is 125 Å². The SMILES string of the molecule is COCCN(CC(C)C)CC1(CNC2CC2)CCCC1. The van der Waals surface area contributed by atoms with E-state index in [2.05, 4.69) is 24.1 Å². The van der Waals surface area contributed by atoms with Crippen LogP contribution < -0.4 is 5.32 Å². The van der Waals surface area contributed by atoms with Gasteiger partial charge in [-0.25, -0.2) is 0 Å². The third kappa shape index (κ3) is 5.34. The van der Waals surface area contributed by atoms with Gasteiger partial charge in [0.25, 0.3) is 0 Å². The molecule has 118 valence electrons. The van der Waals surface area contributed by atoms with Gasteiger partial charge in [-0.1, -0.05) is 26.7 Å². The zero-order chi connectivity index (χ0) is 14.4.